The van der Waals surface area contributed by atoms with Gasteiger partial charge in [0.05, 0.1) is 12.7 Å². The van der Waals surface area contributed by atoms with Crippen molar-refractivity contribution in [2.75, 3.05) is 13.2 Å². The topological polar surface area (TPSA) is 18.5 Å². The molecule has 0 bridgehead atoms. The molecule has 2 rings (SSSR count). The first-order valence-corrected chi connectivity index (χ1v) is 9.17. The van der Waals surface area contributed by atoms with Gasteiger partial charge < -0.3 is 9.47 Å². The van der Waals surface area contributed by atoms with Crippen molar-refractivity contribution in [2.45, 2.75) is 77.2 Å². The summed E-state index contributed by atoms with van der Waals surface area (Å²) in [7, 11) is 0. The van der Waals surface area contributed by atoms with Gasteiger partial charge in [0.25, 0.3) is 0 Å². The zero-order valence-corrected chi connectivity index (χ0v) is 14.4. The predicted octanol–water partition coefficient (Wildman–Crippen LogP) is 5.71. The van der Waals surface area contributed by atoms with Crippen LogP contribution < -0.4 is 4.74 Å². The monoisotopic (exact) mass is 304 g/mol. The lowest BCUT2D eigenvalue weighted by molar-refractivity contribution is 0.0226. The molecule has 2 nitrogen and oxygen atoms in total. The summed E-state index contributed by atoms with van der Waals surface area (Å²) in [5, 5.41) is 0. The van der Waals surface area contributed by atoms with Gasteiger partial charge in [0, 0.05) is 6.61 Å². The van der Waals surface area contributed by atoms with Crippen molar-refractivity contribution in [3.63, 3.8) is 0 Å². The maximum Gasteiger partial charge on any atom is 0.119 e. The number of rotatable bonds is 9. The summed E-state index contributed by atoms with van der Waals surface area (Å²) in [5.41, 5.74) is 1.46. The normalized spacial score (nSPS) is 21.7. The molecule has 0 atom stereocenters. The lowest BCUT2D eigenvalue weighted by Crippen LogP contribution is -2.21. The Labute approximate surface area is 136 Å². The highest BCUT2D eigenvalue weighted by atomic mass is 16.5. The fraction of sp³-hybridized carbons (Fsp3) is 0.700. The lowest BCUT2D eigenvalue weighted by atomic mass is 9.83. The van der Waals surface area contributed by atoms with Gasteiger partial charge in [0.15, 0.2) is 0 Å². The van der Waals surface area contributed by atoms with Gasteiger partial charge in [-0.3, -0.25) is 0 Å². The molecule has 1 aliphatic carbocycles. The highest BCUT2D eigenvalue weighted by Crippen LogP contribution is 2.34. The van der Waals surface area contributed by atoms with E-state index < -0.39 is 0 Å². The molecule has 1 aliphatic rings. The molecule has 0 aliphatic heterocycles. The summed E-state index contributed by atoms with van der Waals surface area (Å²) >= 11 is 0. The van der Waals surface area contributed by atoms with Crippen LogP contribution >= 0.6 is 0 Å². The Morgan fingerprint density at radius 3 is 2.27 bits per heavy atom. The van der Waals surface area contributed by atoms with Crippen LogP contribution in [0.5, 0.6) is 5.75 Å². The highest BCUT2D eigenvalue weighted by Gasteiger charge is 2.22. The smallest absolute Gasteiger partial charge is 0.119 e. The number of ether oxygens (including phenoxy) is 2. The fourth-order valence-corrected chi connectivity index (χ4v) is 3.34. The van der Waals surface area contributed by atoms with E-state index in [1.807, 2.05) is 6.92 Å². The van der Waals surface area contributed by atoms with Crippen molar-refractivity contribution in [1.82, 2.24) is 0 Å². The minimum Gasteiger partial charge on any atom is -0.494 e. The van der Waals surface area contributed by atoms with Crippen molar-refractivity contribution >= 4 is 0 Å². The summed E-state index contributed by atoms with van der Waals surface area (Å²) in [4.78, 5) is 0. The second-order valence-corrected chi connectivity index (χ2v) is 6.41. The largest absolute Gasteiger partial charge is 0.494 e. The maximum absolute atomic E-state index is 6.04. The molecule has 0 radical (unpaired) electrons. The molecule has 22 heavy (non-hydrogen) atoms. The maximum atomic E-state index is 6.04. The van der Waals surface area contributed by atoms with Crippen LogP contribution in [0, 0.1) is 0 Å². The molecule has 124 valence electrons. The standard InChI is InChI=1S/C20H32O2/c1-3-5-6-7-16-22-20-14-10-18(11-15-20)17-8-12-19(13-9-17)21-4-2/h8-9,12-13,18,20H,3-7,10-11,14-16H2,1-2H3. The first-order valence-electron chi connectivity index (χ1n) is 9.17. The van der Waals surface area contributed by atoms with E-state index in [9.17, 15) is 0 Å². The van der Waals surface area contributed by atoms with E-state index in [1.54, 1.807) is 0 Å². The van der Waals surface area contributed by atoms with E-state index in [1.165, 1.54) is 56.9 Å². The molecule has 1 aromatic rings. The Balaban J connectivity index is 1.68. The van der Waals surface area contributed by atoms with E-state index in [2.05, 4.69) is 31.2 Å². The molecule has 0 unspecified atom stereocenters. The molecule has 0 heterocycles. The molecule has 0 aromatic heterocycles. The Kier molecular flexibility index (Phi) is 7.79. The zero-order chi connectivity index (χ0) is 15.6. The van der Waals surface area contributed by atoms with Crippen LogP contribution in [0.25, 0.3) is 0 Å². The quantitative estimate of drug-likeness (QED) is 0.544. The molecule has 0 amide bonds. The second-order valence-electron chi connectivity index (χ2n) is 6.41. The van der Waals surface area contributed by atoms with E-state index in [4.69, 9.17) is 9.47 Å². The van der Waals surface area contributed by atoms with E-state index in [0.717, 1.165) is 19.0 Å². The van der Waals surface area contributed by atoms with Gasteiger partial charge in [-0.2, -0.15) is 0 Å². The zero-order valence-electron chi connectivity index (χ0n) is 14.4. The summed E-state index contributed by atoms with van der Waals surface area (Å²) in [5.74, 6) is 1.69. The van der Waals surface area contributed by atoms with Gasteiger partial charge in [-0.25, -0.2) is 0 Å². The van der Waals surface area contributed by atoms with Crippen LogP contribution in [0.3, 0.4) is 0 Å². The summed E-state index contributed by atoms with van der Waals surface area (Å²) in [6.45, 7) is 5.97. The molecule has 0 N–H and O–H groups in total. The Morgan fingerprint density at radius 1 is 0.909 bits per heavy atom. The molecule has 1 saturated carbocycles. The molecule has 0 spiro atoms. The molecule has 0 saturated heterocycles. The number of unbranched alkanes of at least 4 members (excludes halogenated alkanes) is 3. The van der Waals surface area contributed by atoms with Crippen LogP contribution in [-0.4, -0.2) is 19.3 Å². The SMILES string of the molecule is CCCCCCOC1CCC(c2ccc(OCC)cc2)CC1. The summed E-state index contributed by atoms with van der Waals surface area (Å²) in [6, 6.07) is 8.69. The van der Waals surface area contributed by atoms with E-state index >= 15 is 0 Å². The average molecular weight is 304 g/mol. The number of hydrogen-bond acceptors (Lipinski definition) is 2. The van der Waals surface area contributed by atoms with E-state index in [0.29, 0.717) is 12.0 Å². The number of hydrogen-bond donors (Lipinski definition) is 0. The first-order chi connectivity index (χ1) is 10.8. The predicted molar refractivity (Wildman–Crippen MR) is 92.7 cm³/mol. The van der Waals surface area contributed by atoms with E-state index in [-0.39, 0.29) is 0 Å². The average Bonchev–Trinajstić information content (AvgIpc) is 2.56. The third kappa shape index (κ3) is 5.64. The van der Waals surface area contributed by atoms with Gasteiger partial charge in [-0.15, -0.1) is 0 Å². The first kappa shape index (κ1) is 17.3. The molecule has 1 aromatic carbocycles. The fourth-order valence-electron chi connectivity index (χ4n) is 3.34. The Morgan fingerprint density at radius 2 is 1.64 bits per heavy atom. The van der Waals surface area contributed by atoms with Crippen molar-refractivity contribution < 1.29 is 9.47 Å². The number of benzene rings is 1. The van der Waals surface area contributed by atoms with Gasteiger partial charge in [-0.05, 0) is 62.6 Å². The van der Waals surface area contributed by atoms with Crippen molar-refractivity contribution in [3.05, 3.63) is 29.8 Å². The highest BCUT2D eigenvalue weighted by molar-refractivity contribution is 5.29. The van der Waals surface area contributed by atoms with Gasteiger partial charge >= 0.3 is 0 Å². The van der Waals surface area contributed by atoms with Crippen LogP contribution in [0.2, 0.25) is 0 Å². The molecule has 1 fully saturated rings. The minimum atomic E-state index is 0.501. The lowest BCUT2D eigenvalue weighted by Gasteiger charge is -2.29. The Bertz CT molecular complexity index is 391. The summed E-state index contributed by atoms with van der Waals surface area (Å²) < 4.78 is 11.6. The van der Waals surface area contributed by atoms with Gasteiger partial charge in [-0.1, -0.05) is 38.3 Å². The molecule has 2 heteroatoms. The second kappa shape index (κ2) is 9.89. The minimum absolute atomic E-state index is 0.501. The summed E-state index contributed by atoms with van der Waals surface area (Å²) in [6.07, 6.45) is 10.6. The van der Waals surface area contributed by atoms with Gasteiger partial charge in [0.2, 0.25) is 0 Å². The van der Waals surface area contributed by atoms with Crippen LogP contribution in [0.15, 0.2) is 24.3 Å². The third-order valence-corrected chi connectivity index (χ3v) is 4.69. The third-order valence-electron chi connectivity index (χ3n) is 4.69. The molecular formula is C20H32O2. The van der Waals surface area contributed by atoms with Crippen LogP contribution in [0.4, 0.5) is 0 Å². The van der Waals surface area contributed by atoms with Crippen molar-refractivity contribution in [1.29, 1.82) is 0 Å². The van der Waals surface area contributed by atoms with Crippen LogP contribution in [-0.2, 0) is 4.74 Å². The van der Waals surface area contributed by atoms with Crippen molar-refractivity contribution in [3.8, 4) is 5.75 Å². The van der Waals surface area contributed by atoms with Crippen molar-refractivity contribution in [2.24, 2.45) is 0 Å². The van der Waals surface area contributed by atoms with Crippen LogP contribution in [0.1, 0.15) is 76.7 Å². The molecular weight excluding hydrogens is 272 g/mol. The Hall–Kier alpha value is -1.02. The van der Waals surface area contributed by atoms with Gasteiger partial charge in [0.1, 0.15) is 5.75 Å².